The number of nitrogens with zero attached hydrogens (tertiary/aromatic N) is 3. The summed E-state index contributed by atoms with van der Waals surface area (Å²) in [6.07, 6.45) is 2.50. The summed E-state index contributed by atoms with van der Waals surface area (Å²) >= 11 is 9.61. The number of fused-ring (bicyclic) bond motifs is 1. The van der Waals surface area contributed by atoms with Crippen LogP contribution < -0.4 is 20.7 Å². The molecule has 0 radical (unpaired) electrons. The van der Waals surface area contributed by atoms with E-state index in [1.54, 1.807) is 21.8 Å². The zero-order valence-electron chi connectivity index (χ0n) is 16.4. The highest BCUT2D eigenvalue weighted by Gasteiger charge is 2.25. The number of nitrogens with two attached hydrogens (primary N) is 1. The summed E-state index contributed by atoms with van der Waals surface area (Å²) in [6, 6.07) is 10.9. The molecular formula is C21H21BrClN5O2. The minimum absolute atomic E-state index is 0.193. The van der Waals surface area contributed by atoms with Crippen LogP contribution in [0.3, 0.4) is 0 Å². The van der Waals surface area contributed by atoms with Gasteiger partial charge in [0.05, 0.1) is 16.4 Å². The smallest absolute Gasteiger partial charge is 0.326 e. The fourth-order valence-electron chi connectivity index (χ4n) is 3.57. The summed E-state index contributed by atoms with van der Waals surface area (Å²) in [6.45, 7) is 1.41. The van der Waals surface area contributed by atoms with Gasteiger partial charge in [-0.05, 0) is 64.3 Å². The molecule has 0 bridgehead atoms. The molecule has 4 rings (SSSR count). The molecule has 3 aromatic rings. The SMILES string of the molecule is Cn1ncc(Br)c1-c1cc(NC(=O)N2CCc3cc(Cl)ccc32)ccc1OCCN. The van der Waals surface area contributed by atoms with Crippen LogP contribution in [0.1, 0.15) is 5.56 Å². The number of rotatable bonds is 5. The lowest BCUT2D eigenvalue weighted by atomic mass is 10.1. The molecule has 0 spiro atoms. The van der Waals surface area contributed by atoms with Gasteiger partial charge in [0.25, 0.3) is 0 Å². The lowest BCUT2D eigenvalue weighted by Gasteiger charge is -2.19. The lowest BCUT2D eigenvalue weighted by Crippen LogP contribution is -2.33. The van der Waals surface area contributed by atoms with Crippen LogP contribution in [0.15, 0.2) is 47.1 Å². The second kappa shape index (κ2) is 8.67. The normalized spacial score (nSPS) is 12.7. The molecular weight excluding hydrogens is 470 g/mol. The van der Waals surface area contributed by atoms with E-state index in [1.807, 2.05) is 37.4 Å². The topological polar surface area (TPSA) is 85.4 Å². The van der Waals surface area contributed by atoms with Crippen molar-refractivity contribution in [3.8, 4) is 17.0 Å². The summed E-state index contributed by atoms with van der Waals surface area (Å²) in [7, 11) is 1.85. The molecule has 2 heterocycles. The first kappa shape index (κ1) is 20.7. The summed E-state index contributed by atoms with van der Waals surface area (Å²) in [5.41, 5.74) is 9.86. The number of aryl methyl sites for hydroxylation is 1. The quantitative estimate of drug-likeness (QED) is 0.554. The first-order valence-corrected chi connectivity index (χ1v) is 10.7. The minimum Gasteiger partial charge on any atom is -0.492 e. The summed E-state index contributed by atoms with van der Waals surface area (Å²) < 4.78 is 8.40. The Morgan fingerprint density at radius 3 is 2.90 bits per heavy atom. The van der Waals surface area contributed by atoms with Crippen molar-refractivity contribution in [2.45, 2.75) is 6.42 Å². The van der Waals surface area contributed by atoms with E-state index in [-0.39, 0.29) is 6.03 Å². The highest BCUT2D eigenvalue weighted by atomic mass is 79.9. The maximum Gasteiger partial charge on any atom is 0.326 e. The van der Waals surface area contributed by atoms with Crippen molar-refractivity contribution in [3.05, 3.63) is 57.7 Å². The van der Waals surface area contributed by atoms with Gasteiger partial charge in [0.2, 0.25) is 0 Å². The maximum atomic E-state index is 13.0. The number of anilines is 2. The van der Waals surface area contributed by atoms with Crippen molar-refractivity contribution in [1.29, 1.82) is 0 Å². The first-order valence-electron chi connectivity index (χ1n) is 9.49. The van der Waals surface area contributed by atoms with Gasteiger partial charge in [-0.3, -0.25) is 9.58 Å². The van der Waals surface area contributed by atoms with Crippen molar-refractivity contribution < 1.29 is 9.53 Å². The number of carbonyl (C=O) groups excluding carboxylic acids is 1. The molecule has 2 aromatic carbocycles. The predicted molar refractivity (Wildman–Crippen MR) is 122 cm³/mol. The van der Waals surface area contributed by atoms with Crippen LogP contribution in [0.25, 0.3) is 11.3 Å². The van der Waals surface area contributed by atoms with E-state index >= 15 is 0 Å². The monoisotopic (exact) mass is 489 g/mol. The van der Waals surface area contributed by atoms with E-state index in [9.17, 15) is 4.79 Å². The fourth-order valence-corrected chi connectivity index (χ4v) is 4.33. The average molecular weight is 491 g/mol. The highest BCUT2D eigenvalue weighted by molar-refractivity contribution is 9.10. The Morgan fingerprint density at radius 1 is 1.33 bits per heavy atom. The van der Waals surface area contributed by atoms with Crippen LogP contribution >= 0.6 is 27.5 Å². The Morgan fingerprint density at radius 2 is 2.17 bits per heavy atom. The van der Waals surface area contributed by atoms with Crippen LogP contribution in [-0.2, 0) is 13.5 Å². The summed E-state index contributed by atoms with van der Waals surface area (Å²) in [5.74, 6) is 0.670. The van der Waals surface area contributed by atoms with E-state index in [2.05, 4.69) is 26.3 Å². The number of benzene rings is 2. The molecule has 0 saturated carbocycles. The Bertz CT molecular complexity index is 1080. The second-order valence-electron chi connectivity index (χ2n) is 6.92. The van der Waals surface area contributed by atoms with Crippen molar-refractivity contribution in [1.82, 2.24) is 9.78 Å². The Balaban J connectivity index is 1.63. The molecule has 0 saturated heterocycles. The number of nitrogens with one attached hydrogen (secondary N) is 1. The Kier molecular flexibility index (Phi) is 5.99. The van der Waals surface area contributed by atoms with Crippen LogP contribution in [0.2, 0.25) is 5.02 Å². The average Bonchev–Trinajstić information content (AvgIpc) is 3.29. The predicted octanol–water partition coefficient (Wildman–Crippen LogP) is 4.44. The van der Waals surface area contributed by atoms with Gasteiger partial charge in [-0.15, -0.1) is 0 Å². The molecule has 2 amide bonds. The molecule has 0 aliphatic carbocycles. The number of hydrogen-bond donors (Lipinski definition) is 2. The fraction of sp³-hybridized carbons (Fsp3) is 0.238. The van der Waals surface area contributed by atoms with Crippen molar-refractivity contribution in [2.24, 2.45) is 12.8 Å². The van der Waals surface area contributed by atoms with Crippen LogP contribution in [-0.4, -0.2) is 35.5 Å². The number of halogens is 2. The van der Waals surface area contributed by atoms with E-state index in [1.165, 1.54) is 0 Å². The number of urea groups is 1. The second-order valence-corrected chi connectivity index (χ2v) is 8.21. The van der Waals surface area contributed by atoms with Gasteiger partial charge in [0.15, 0.2) is 0 Å². The van der Waals surface area contributed by atoms with Gasteiger partial charge in [0.1, 0.15) is 12.4 Å². The van der Waals surface area contributed by atoms with Crippen molar-refractivity contribution in [2.75, 3.05) is 29.9 Å². The molecule has 1 aliphatic heterocycles. The molecule has 9 heteroatoms. The molecule has 156 valence electrons. The Hall–Kier alpha value is -2.55. The molecule has 1 aliphatic rings. The molecule has 0 fully saturated rings. The molecule has 1 aromatic heterocycles. The summed E-state index contributed by atoms with van der Waals surface area (Å²) in [5, 5.41) is 7.95. The third-order valence-electron chi connectivity index (χ3n) is 4.94. The Labute approximate surface area is 187 Å². The van der Waals surface area contributed by atoms with Gasteiger partial charge in [-0.25, -0.2) is 4.79 Å². The van der Waals surface area contributed by atoms with E-state index < -0.39 is 0 Å². The number of aromatic nitrogens is 2. The van der Waals surface area contributed by atoms with Gasteiger partial charge < -0.3 is 15.8 Å². The van der Waals surface area contributed by atoms with E-state index in [0.717, 1.165) is 33.4 Å². The highest BCUT2D eigenvalue weighted by Crippen LogP contribution is 2.37. The van der Waals surface area contributed by atoms with Gasteiger partial charge >= 0.3 is 6.03 Å². The summed E-state index contributed by atoms with van der Waals surface area (Å²) in [4.78, 5) is 14.7. The van der Waals surface area contributed by atoms with Gasteiger partial charge in [-0.2, -0.15) is 5.10 Å². The third-order valence-corrected chi connectivity index (χ3v) is 5.75. The molecule has 7 nitrogen and oxygen atoms in total. The molecule has 3 N–H and O–H groups in total. The first-order chi connectivity index (χ1) is 14.5. The van der Waals surface area contributed by atoms with Crippen LogP contribution in [0.4, 0.5) is 16.2 Å². The van der Waals surface area contributed by atoms with Gasteiger partial charge in [-0.1, -0.05) is 11.6 Å². The molecule has 30 heavy (non-hydrogen) atoms. The molecule has 0 atom stereocenters. The number of amides is 2. The van der Waals surface area contributed by atoms with Crippen molar-refractivity contribution >= 4 is 44.9 Å². The van der Waals surface area contributed by atoms with Gasteiger partial charge in [0, 0.05) is 42.1 Å². The van der Waals surface area contributed by atoms with Crippen LogP contribution in [0.5, 0.6) is 5.75 Å². The lowest BCUT2D eigenvalue weighted by molar-refractivity contribution is 0.257. The van der Waals surface area contributed by atoms with E-state index in [4.69, 9.17) is 22.1 Å². The number of carbonyl (C=O) groups is 1. The van der Waals surface area contributed by atoms with E-state index in [0.29, 0.717) is 36.2 Å². The standard InChI is InChI=1S/C21H21BrClN5O2/c1-27-20(17(22)12-25-27)16-11-15(3-5-19(16)30-9-7-24)26-21(29)28-8-6-13-10-14(23)2-4-18(13)28/h2-5,10-12H,6-9,24H2,1H3,(H,26,29). The van der Waals surface area contributed by atoms with Crippen molar-refractivity contribution in [3.63, 3.8) is 0 Å². The number of ether oxygens (including phenoxy) is 1. The zero-order chi connectivity index (χ0) is 21.3. The van der Waals surface area contributed by atoms with Crippen LogP contribution in [0, 0.1) is 0 Å². The minimum atomic E-state index is -0.193. The third kappa shape index (κ3) is 4.03. The zero-order valence-corrected chi connectivity index (χ0v) is 18.7. The largest absolute Gasteiger partial charge is 0.492 e. The molecule has 0 unspecified atom stereocenters. The maximum absolute atomic E-state index is 13.0. The number of hydrogen-bond acceptors (Lipinski definition) is 4.